The number of anilines is 1. The van der Waals surface area contributed by atoms with Crippen molar-refractivity contribution in [2.24, 2.45) is 5.92 Å². The molecule has 3 aliphatic heterocycles. The first-order valence-electron chi connectivity index (χ1n) is 23.7. The lowest BCUT2D eigenvalue weighted by Gasteiger charge is -2.31. The summed E-state index contributed by atoms with van der Waals surface area (Å²) in [6, 6.07) is 25.4. The molecule has 3 heterocycles. The molecule has 64 heavy (non-hydrogen) atoms. The van der Waals surface area contributed by atoms with Crippen LogP contribution in [0.5, 0.6) is 0 Å². The van der Waals surface area contributed by atoms with E-state index in [-0.39, 0.29) is 6.17 Å². The Morgan fingerprint density at radius 3 is 2.58 bits per heavy atom. The first-order chi connectivity index (χ1) is 31.5. The van der Waals surface area contributed by atoms with Crippen molar-refractivity contribution in [2.75, 3.05) is 18.5 Å². The van der Waals surface area contributed by atoms with Crippen molar-refractivity contribution in [3.8, 4) is 17.2 Å². The molecule has 0 spiro atoms. The van der Waals surface area contributed by atoms with Crippen LogP contribution in [0, 0.1) is 17.2 Å². The Labute approximate surface area is 380 Å². The van der Waals surface area contributed by atoms with Gasteiger partial charge in [-0.3, -0.25) is 5.01 Å². The Hall–Kier alpha value is -6.55. The summed E-state index contributed by atoms with van der Waals surface area (Å²) in [6.07, 6.45) is 43.7. The molecule has 0 saturated carbocycles. The molecular weight excluding hydrogens is 781 g/mol. The Bertz CT molecular complexity index is 2720. The third-order valence-corrected chi connectivity index (χ3v) is 14.2. The van der Waals surface area contributed by atoms with Gasteiger partial charge >= 0.3 is 0 Å². The van der Waals surface area contributed by atoms with Gasteiger partial charge < -0.3 is 15.5 Å². The third-order valence-electron chi connectivity index (χ3n) is 14.2. The van der Waals surface area contributed by atoms with Crippen LogP contribution >= 0.6 is 0 Å². The molecule has 3 unspecified atom stereocenters. The zero-order chi connectivity index (χ0) is 43.6. The maximum atomic E-state index is 10.6. The summed E-state index contributed by atoms with van der Waals surface area (Å²) < 4.78 is 0. The Morgan fingerprint density at radius 1 is 0.891 bits per heavy atom. The summed E-state index contributed by atoms with van der Waals surface area (Å²) in [4.78, 5) is 2.58. The van der Waals surface area contributed by atoms with Crippen LogP contribution in [0.15, 0.2) is 180 Å². The smallest absolute Gasteiger partial charge is 0.141 e. The van der Waals surface area contributed by atoms with Gasteiger partial charge in [0.25, 0.3) is 0 Å². The minimum atomic E-state index is 0.0254. The van der Waals surface area contributed by atoms with Gasteiger partial charge in [-0.25, -0.2) is 0 Å². The molecule has 3 aromatic rings. The normalized spacial score (nSPS) is 24.7. The SMILES string of the molecule is C/C=C(CC)/C(=C/C[C@H]1C=CNCC1)N1C(c2ccc(-c3cccc(C4=C(NC5=CC(c6ccc7c(c6)C6C=CC=CC6N7C6=CC=CCC6)=CCC5)C=CCC4)c3)cc2C#N)[N@]1C. The highest BCUT2D eigenvalue weighted by molar-refractivity contribution is 5.81. The van der Waals surface area contributed by atoms with Gasteiger partial charge in [-0.15, -0.1) is 0 Å². The Balaban J connectivity index is 0.887. The second-order valence-electron chi connectivity index (χ2n) is 18.0. The highest BCUT2D eigenvalue weighted by Gasteiger charge is 2.46. The second kappa shape index (κ2) is 18.3. The molecular formula is C58H60N6. The summed E-state index contributed by atoms with van der Waals surface area (Å²) in [5.74, 6) is 0.894. The number of hydrazine groups is 1. The van der Waals surface area contributed by atoms with Gasteiger partial charge in [-0.1, -0.05) is 110 Å². The lowest BCUT2D eigenvalue weighted by molar-refractivity contribution is 0.419. The summed E-state index contributed by atoms with van der Waals surface area (Å²) in [6.45, 7) is 5.39. The van der Waals surface area contributed by atoms with Crippen molar-refractivity contribution in [1.29, 1.82) is 5.26 Å². The van der Waals surface area contributed by atoms with E-state index in [1.54, 1.807) is 0 Å². The average molecular weight is 841 g/mol. The van der Waals surface area contributed by atoms with Crippen LogP contribution in [0.25, 0.3) is 22.3 Å². The van der Waals surface area contributed by atoms with E-state index in [1.807, 2.05) is 0 Å². The van der Waals surface area contributed by atoms with E-state index >= 15 is 0 Å². The predicted molar refractivity (Wildman–Crippen MR) is 265 cm³/mol. The molecule has 0 aromatic heterocycles. The number of hydrogen-bond donors (Lipinski definition) is 2. The summed E-state index contributed by atoms with van der Waals surface area (Å²) in [5.41, 5.74) is 18.3. The number of nitrogens with zero attached hydrogens (tertiary/aromatic N) is 4. The molecule has 5 atom stereocenters. The van der Waals surface area contributed by atoms with E-state index in [1.165, 1.54) is 61.9 Å². The molecule has 7 aliphatic rings. The first-order valence-corrected chi connectivity index (χ1v) is 23.7. The molecule has 6 heteroatoms. The van der Waals surface area contributed by atoms with E-state index < -0.39 is 0 Å². The molecule has 1 saturated heterocycles. The van der Waals surface area contributed by atoms with Crippen molar-refractivity contribution >= 4 is 16.8 Å². The minimum Gasteiger partial charge on any atom is -0.391 e. The van der Waals surface area contributed by atoms with E-state index in [2.05, 4.69) is 204 Å². The number of nitriles is 1. The van der Waals surface area contributed by atoms with Gasteiger partial charge in [0.2, 0.25) is 0 Å². The lowest BCUT2D eigenvalue weighted by atomic mass is 9.88. The van der Waals surface area contributed by atoms with Crippen molar-refractivity contribution in [3.05, 3.63) is 208 Å². The summed E-state index contributed by atoms with van der Waals surface area (Å²) >= 11 is 0. The largest absolute Gasteiger partial charge is 0.391 e. The number of hydrogen-bond acceptors (Lipinski definition) is 6. The number of allylic oxidation sites excluding steroid dienone is 17. The molecule has 0 radical (unpaired) electrons. The van der Waals surface area contributed by atoms with Crippen molar-refractivity contribution in [1.82, 2.24) is 20.7 Å². The Kier molecular flexibility index (Phi) is 11.8. The van der Waals surface area contributed by atoms with Crippen molar-refractivity contribution in [3.63, 3.8) is 0 Å². The molecule has 0 amide bonds. The third kappa shape index (κ3) is 8.10. The van der Waals surface area contributed by atoms with Gasteiger partial charge in [-0.05, 0) is 164 Å². The fourth-order valence-corrected chi connectivity index (χ4v) is 10.8. The molecule has 2 N–H and O–H groups in total. The molecule has 1 fully saturated rings. The zero-order valence-electron chi connectivity index (χ0n) is 37.6. The molecule has 4 aliphatic carbocycles. The minimum absolute atomic E-state index is 0.0254. The first kappa shape index (κ1) is 41.5. The lowest BCUT2D eigenvalue weighted by Crippen LogP contribution is -2.32. The number of fused-ring (bicyclic) bond motifs is 3. The van der Waals surface area contributed by atoms with Gasteiger partial charge in [0, 0.05) is 47.9 Å². The summed E-state index contributed by atoms with van der Waals surface area (Å²) in [7, 11) is 2.14. The molecule has 0 bridgehead atoms. The fraction of sp³-hybridized carbons (Fsp3) is 0.293. The molecule has 322 valence electrons. The molecule has 3 aromatic carbocycles. The van der Waals surface area contributed by atoms with Crippen LogP contribution in [0.2, 0.25) is 0 Å². The van der Waals surface area contributed by atoms with Gasteiger partial charge in [0.15, 0.2) is 0 Å². The van der Waals surface area contributed by atoms with Gasteiger partial charge in [0.1, 0.15) is 6.17 Å². The van der Waals surface area contributed by atoms with Crippen LogP contribution in [0.4, 0.5) is 5.69 Å². The number of nitrogens with one attached hydrogen (secondary N) is 2. The van der Waals surface area contributed by atoms with Crippen LogP contribution < -0.4 is 15.5 Å². The van der Waals surface area contributed by atoms with Gasteiger partial charge in [-0.2, -0.15) is 10.3 Å². The highest BCUT2D eigenvalue weighted by Crippen LogP contribution is 2.49. The zero-order valence-corrected chi connectivity index (χ0v) is 37.6. The van der Waals surface area contributed by atoms with E-state index in [0.717, 1.165) is 86.6 Å². The topological polar surface area (TPSA) is 57.1 Å². The quantitative estimate of drug-likeness (QED) is 0.140. The average Bonchev–Trinajstić information content (AvgIpc) is 3.90. The second-order valence-corrected chi connectivity index (χ2v) is 18.0. The number of rotatable bonds is 12. The predicted octanol–water partition coefficient (Wildman–Crippen LogP) is 13.2. The maximum Gasteiger partial charge on any atom is 0.141 e. The fourth-order valence-electron chi connectivity index (χ4n) is 10.8. The number of benzene rings is 3. The van der Waals surface area contributed by atoms with E-state index in [9.17, 15) is 5.26 Å². The van der Waals surface area contributed by atoms with Gasteiger partial charge in [0.05, 0.1) is 23.4 Å². The molecule has 10 rings (SSSR count). The van der Waals surface area contributed by atoms with Crippen LogP contribution in [-0.2, 0) is 0 Å². The maximum absolute atomic E-state index is 10.6. The summed E-state index contributed by atoms with van der Waals surface area (Å²) in [5, 5.41) is 22.5. The molecule has 6 nitrogen and oxygen atoms in total. The van der Waals surface area contributed by atoms with Crippen LogP contribution in [-0.4, -0.2) is 29.7 Å². The van der Waals surface area contributed by atoms with Crippen LogP contribution in [0.1, 0.15) is 112 Å². The van der Waals surface area contributed by atoms with Crippen LogP contribution in [0.3, 0.4) is 0 Å². The Morgan fingerprint density at radius 2 is 1.75 bits per heavy atom. The van der Waals surface area contributed by atoms with Crippen molar-refractivity contribution in [2.45, 2.75) is 89.8 Å². The van der Waals surface area contributed by atoms with E-state index in [4.69, 9.17) is 0 Å². The standard InChI is InChI=1S/C58H60N6/c1-4-41(5-2)55(29-25-40-31-33-60-34-32-40)64-58(62(64)3)51-28-26-44(36-47(51)39-59)42-15-13-17-46(35-42)50-21-9-11-23-54(50)61-48-18-14-16-43(37-48)45-27-30-57-53(38-45)52-22-10-12-24-56(52)63(57)49-19-7-6-8-20-49/h4,6-7,10-13,15-17,19,22-24,26-31,33,35-38,40,52,56,58,60-61H,5,8-9,14,18,20-21,25,32,34H2,1-3H3/b41-4+,55-29-/t40-,52?,56?,58?,62-,64?/m0/s1. The van der Waals surface area contributed by atoms with Crippen molar-refractivity contribution < 1.29 is 0 Å². The monoisotopic (exact) mass is 840 g/mol. The highest BCUT2D eigenvalue weighted by atomic mass is 15.9. The van der Waals surface area contributed by atoms with E-state index in [0.29, 0.717) is 17.9 Å².